The fraction of sp³-hybridized carbons (Fsp3) is 0.351. The number of amidine groups is 2. The van der Waals surface area contributed by atoms with E-state index in [1.54, 1.807) is 19.1 Å². The van der Waals surface area contributed by atoms with Crippen molar-refractivity contribution in [2.24, 2.45) is 21.8 Å². The molecule has 17 heteroatoms. The number of hydrogen-bond acceptors (Lipinski definition) is 9. The molecular formula is C57H76I4N6O5V2-2. The van der Waals surface area contributed by atoms with Gasteiger partial charge in [-0.1, -0.05) is 97.7 Å². The Kier molecular flexibility index (Phi) is 46.8. The van der Waals surface area contributed by atoms with Crippen molar-refractivity contribution in [2.45, 2.75) is 131 Å². The first kappa shape index (κ1) is 82.3. The topological polar surface area (TPSA) is 216 Å². The second-order valence-corrected chi connectivity index (χ2v) is 27.3. The second kappa shape index (κ2) is 42.1. The minimum Gasteiger partial charge on any atom is -0.409 e. The molecule has 0 saturated heterocycles. The van der Waals surface area contributed by atoms with Gasteiger partial charge in [-0.15, -0.1) is 0 Å². The van der Waals surface area contributed by atoms with Gasteiger partial charge in [-0.3, -0.25) is 14.5 Å². The molecule has 11 nitrogen and oxygen atoms in total. The molecule has 0 unspecified atom stereocenters. The standard InChI is InChI=1S/C14H20N2O2.C14H18N2O2.C14H15NO.C11H13N.CHI3.CH2I.CH4.CH3.2V/c2*1-8-7-13(14(15)16-18)11(4)10(3)12(8)6-5-9(2)17;1-9-7-13(8-15)11(3)12(4)14(9)6-5-10(2)16;1-7-5-11(6-12)10(4)9(3)8(7)2;2-1(3)4;1-2;;;;/h7,18H,5-6H2,1-4H3,(H2,15,16);5-7,18H,1-4H3,(H2,15,16);5-7H,1-4H3;5H,1-4H3;1H;1H2;1H4;1H3;;/q;;;;;-1;;-1;;/b;2*6-5+;;;;;;;. The van der Waals surface area contributed by atoms with E-state index in [1.165, 1.54) is 42.2 Å². The maximum absolute atomic E-state index is 11.1. The number of nitrogens with zero attached hydrogens (tertiary/aromatic N) is 4. The Labute approximate surface area is 523 Å². The van der Waals surface area contributed by atoms with Crippen LogP contribution < -0.4 is 11.5 Å². The molecule has 4 rings (SSSR count). The Morgan fingerprint density at radius 1 is 0.581 bits per heavy atom. The molecule has 0 amide bonds. The molecule has 0 fully saturated rings. The van der Waals surface area contributed by atoms with Crippen LogP contribution in [0, 0.1) is 125 Å². The number of carbonyl (C=O) groups excluding carboxylic acids is 3. The van der Waals surface area contributed by atoms with Crippen LogP contribution in [-0.2, 0) is 57.9 Å². The van der Waals surface area contributed by atoms with E-state index >= 15 is 0 Å². The summed E-state index contributed by atoms with van der Waals surface area (Å²) in [5.74, 6) is 0.442. The Bertz CT molecular complexity index is 2720. The first-order valence-corrected chi connectivity index (χ1v) is 27.0. The molecule has 2 radical (unpaired) electrons. The zero-order valence-corrected chi connectivity index (χ0v) is 56.7. The van der Waals surface area contributed by atoms with Crippen molar-refractivity contribution in [2.75, 3.05) is 0 Å². The van der Waals surface area contributed by atoms with Crippen LogP contribution in [0.1, 0.15) is 146 Å². The van der Waals surface area contributed by atoms with Crippen molar-refractivity contribution in [3.63, 3.8) is 0 Å². The number of ketones is 3. The molecule has 0 atom stereocenters. The molecule has 0 bridgehead atoms. The van der Waals surface area contributed by atoms with E-state index in [0.717, 1.165) is 84.2 Å². The van der Waals surface area contributed by atoms with Gasteiger partial charge in [-0.05, 0) is 243 Å². The summed E-state index contributed by atoms with van der Waals surface area (Å²) < 4.78 is 0.743. The fourth-order valence-electron chi connectivity index (χ4n) is 7.02. The molecule has 0 heterocycles. The largest absolute Gasteiger partial charge is 0.409 e. The zero-order chi connectivity index (χ0) is 54.9. The van der Waals surface area contributed by atoms with Crippen molar-refractivity contribution in [1.29, 1.82) is 10.5 Å². The van der Waals surface area contributed by atoms with Crippen LogP contribution in [-0.4, -0.2) is 39.4 Å². The van der Waals surface area contributed by atoms with Gasteiger partial charge in [0, 0.05) is 54.7 Å². The van der Waals surface area contributed by atoms with Crippen LogP contribution in [0.25, 0.3) is 12.2 Å². The van der Waals surface area contributed by atoms with Gasteiger partial charge in [0.2, 0.25) is 0 Å². The predicted octanol–water partition coefficient (Wildman–Crippen LogP) is 15.3. The van der Waals surface area contributed by atoms with Crippen LogP contribution in [0.2, 0.25) is 0 Å². The summed E-state index contributed by atoms with van der Waals surface area (Å²) in [6.45, 7) is 30.4. The Morgan fingerprint density at radius 3 is 1.26 bits per heavy atom. The van der Waals surface area contributed by atoms with E-state index < -0.39 is 0 Å². The molecule has 0 aliphatic rings. The van der Waals surface area contributed by atoms with E-state index in [1.807, 2.05) is 129 Å². The number of oxime groups is 2. The van der Waals surface area contributed by atoms with E-state index in [0.29, 0.717) is 17.5 Å². The van der Waals surface area contributed by atoms with Gasteiger partial charge < -0.3 is 56.7 Å². The second-order valence-electron chi connectivity index (χ2n) is 16.4. The van der Waals surface area contributed by atoms with Gasteiger partial charge in [-0.2, -0.15) is 10.5 Å². The number of benzene rings is 4. The third-order valence-corrected chi connectivity index (χ3v) is 11.8. The van der Waals surface area contributed by atoms with Gasteiger partial charge in [0.1, 0.15) is 5.72 Å². The minimum absolute atomic E-state index is 0. The first-order valence-electron chi connectivity index (χ1n) is 21.7. The number of rotatable bonds is 9. The summed E-state index contributed by atoms with van der Waals surface area (Å²) in [7, 11) is 0. The van der Waals surface area contributed by atoms with Crippen molar-refractivity contribution >= 4 is 132 Å². The molecule has 74 heavy (non-hydrogen) atoms. The Morgan fingerprint density at radius 2 is 0.905 bits per heavy atom. The van der Waals surface area contributed by atoms with E-state index in [2.05, 4.69) is 109 Å². The van der Waals surface area contributed by atoms with Crippen molar-refractivity contribution < 1.29 is 61.9 Å². The van der Waals surface area contributed by atoms with Gasteiger partial charge in [0.25, 0.3) is 0 Å². The Hall–Kier alpha value is -3.02. The molecule has 0 spiro atoms. The van der Waals surface area contributed by atoms with Gasteiger partial charge in [0.05, 0.1) is 23.3 Å². The van der Waals surface area contributed by atoms with Gasteiger partial charge in [0.15, 0.2) is 23.2 Å². The average Bonchev–Trinajstić information content (AvgIpc) is 3.30. The zero-order valence-electron chi connectivity index (χ0n) is 45.3. The number of halogens is 4. The van der Waals surface area contributed by atoms with Crippen molar-refractivity contribution in [3.8, 4) is 12.1 Å². The number of Topliss-reactive ketones (excluding diaryl/α,β-unsaturated/α-hetero) is 1. The number of alkyl halides is 3. The number of carbonyl (C=O) groups is 3. The summed E-state index contributed by atoms with van der Waals surface area (Å²) in [5, 5.41) is 41.3. The molecule has 0 saturated carbocycles. The quantitative estimate of drug-likeness (QED) is 0.0183. The SMILES string of the molecule is C.CC(=O)/C=C/c1c(C)cc(/C(N)=N/O)c(C)c1C.CC(=O)/C=C/c1c(C)cc(C#N)c(C)c1C.CC(=O)CCc1c(C)cc(/C(N)=N/O)c(C)c1C.Cc1cc(C#N)c(C)c(C)c1C.IC(I)I.[CH2-]I.[CH3-].[V].[V]. The molecule has 6 N–H and O–H groups in total. The van der Waals surface area contributed by atoms with E-state index in [4.69, 9.17) is 32.4 Å². The van der Waals surface area contributed by atoms with Gasteiger partial charge >= 0.3 is 0 Å². The summed E-state index contributed by atoms with van der Waals surface area (Å²) >= 11 is 8.85. The summed E-state index contributed by atoms with van der Waals surface area (Å²) in [6.07, 6.45) is 8.00. The van der Waals surface area contributed by atoms with E-state index in [-0.39, 0.29) is 81.0 Å². The number of allylic oxidation sites excluding steroid dienone is 2. The monoisotopic (exact) mass is 1530 g/mol. The number of hydrogen-bond donors (Lipinski definition) is 4. The normalized spacial score (nSPS) is 10.2. The number of aryl methyl sites for hydroxylation is 4. The molecule has 0 aliphatic carbocycles. The maximum Gasteiger partial charge on any atom is 0.170 e. The van der Waals surface area contributed by atoms with Crippen molar-refractivity contribution in [3.05, 3.63) is 160 Å². The summed E-state index contributed by atoms with van der Waals surface area (Å²) in [4.78, 5) is 36.2. The predicted molar refractivity (Wildman–Crippen MR) is 339 cm³/mol. The van der Waals surface area contributed by atoms with Crippen LogP contribution in [0.15, 0.2) is 46.7 Å². The molecule has 4 aromatic carbocycles. The van der Waals surface area contributed by atoms with Gasteiger partial charge in [-0.25, -0.2) is 0 Å². The maximum atomic E-state index is 11.1. The molecule has 4 aromatic rings. The van der Waals surface area contributed by atoms with Crippen LogP contribution in [0.5, 0.6) is 0 Å². The summed E-state index contributed by atoms with van der Waals surface area (Å²) in [6, 6.07) is 12.0. The smallest absolute Gasteiger partial charge is 0.170 e. The number of nitriles is 2. The third kappa shape index (κ3) is 27.3. The molecule has 0 aliphatic heterocycles. The summed E-state index contributed by atoms with van der Waals surface area (Å²) in [5.41, 5.74) is 31.5. The Balaban J connectivity index is -0.000000199. The average molecular weight is 1530 g/mol. The molecular weight excluding hydrogens is 1460 g/mol. The van der Waals surface area contributed by atoms with Crippen molar-refractivity contribution in [1.82, 2.24) is 0 Å². The van der Waals surface area contributed by atoms with Crippen LogP contribution >= 0.6 is 90.4 Å². The van der Waals surface area contributed by atoms with Crippen LogP contribution in [0.3, 0.4) is 0 Å². The van der Waals surface area contributed by atoms with E-state index in [9.17, 15) is 14.4 Å². The molecule has 404 valence electrons. The number of nitrogens with two attached hydrogens (primary N) is 2. The molecule has 0 aromatic heterocycles. The fourth-order valence-corrected chi connectivity index (χ4v) is 7.02. The third-order valence-electron chi connectivity index (χ3n) is 11.8. The minimum atomic E-state index is 0. The first-order chi connectivity index (χ1) is 32.5. The van der Waals surface area contributed by atoms with Crippen LogP contribution in [0.4, 0.5) is 0 Å².